The van der Waals surface area contributed by atoms with Crippen molar-refractivity contribution < 1.29 is 19.1 Å². The quantitative estimate of drug-likeness (QED) is 0.458. The van der Waals surface area contributed by atoms with Crippen molar-refractivity contribution in [2.45, 2.75) is 0 Å². The van der Waals surface area contributed by atoms with Crippen LogP contribution in [0.25, 0.3) is 0 Å². The normalized spacial score (nSPS) is 11.7. The van der Waals surface area contributed by atoms with Gasteiger partial charge in [0.15, 0.2) is 5.78 Å². The third-order valence-electron chi connectivity index (χ3n) is 1.94. The number of nitrogens with two attached hydrogens (primary N) is 1. The Morgan fingerprint density at radius 2 is 2.11 bits per heavy atom. The number of halogens is 1. The van der Waals surface area contributed by atoms with Crippen molar-refractivity contribution in [2.24, 2.45) is 10.7 Å². The molecule has 0 atom stereocenters. The zero-order valence-electron chi connectivity index (χ0n) is 9.34. The van der Waals surface area contributed by atoms with Gasteiger partial charge in [-0.05, 0) is 18.2 Å². The number of amidine groups is 1. The summed E-state index contributed by atoms with van der Waals surface area (Å²) in [5.41, 5.74) is 5.92. The molecular formula is C12H11FN2O3. The number of rotatable bonds is 5. The first-order valence-electron chi connectivity index (χ1n) is 4.98. The van der Waals surface area contributed by atoms with Crippen LogP contribution < -0.4 is 5.73 Å². The van der Waals surface area contributed by atoms with Gasteiger partial charge in [-0.25, -0.2) is 9.18 Å². The second-order valence-electron chi connectivity index (χ2n) is 3.35. The van der Waals surface area contributed by atoms with Gasteiger partial charge in [-0.3, -0.25) is 9.79 Å². The number of ketones is 1. The van der Waals surface area contributed by atoms with Crippen LogP contribution in [0.15, 0.2) is 41.4 Å². The highest BCUT2D eigenvalue weighted by atomic mass is 19.1. The van der Waals surface area contributed by atoms with Crippen LogP contribution in [0.4, 0.5) is 4.39 Å². The van der Waals surface area contributed by atoms with Crippen LogP contribution in [-0.4, -0.2) is 29.2 Å². The van der Waals surface area contributed by atoms with Gasteiger partial charge in [-0.1, -0.05) is 12.1 Å². The number of carboxylic acids is 1. The number of hydrogen-bond donors (Lipinski definition) is 2. The van der Waals surface area contributed by atoms with Gasteiger partial charge in [-0.2, -0.15) is 0 Å². The fourth-order valence-electron chi connectivity index (χ4n) is 1.12. The molecule has 0 aliphatic heterocycles. The lowest BCUT2D eigenvalue weighted by Gasteiger charge is -2.00. The Morgan fingerprint density at radius 3 is 2.72 bits per heavy atom. The van der Waals surface area contributed by atoms with E-state index in [1.807, 2.05) is 0 Å². The predicted octanol–water partition coefficient (Wildman–Crippen LogP) is 0.741. The smallest absolute Gasteiger partial charge is 0.328 e. The van der Waals surface area contributed by atoms with E-state index in [2.05, 4.69) is 4.99 Å². The molecule has 6 heteroatoms. The van der Waals surface area contributed by atoms with Gasteiger partial charge in [0.25, 0.3) is 0 Å². The summed E-state index contributed by atoms with van der Waals surface area (Å²) in [7, 11) is 0. The third-order valence-corrected chi connectivity index (χ3v) is 1.94. The second kappa shape index (κ2) is 6.29. The van der Waals surface area contributed by atoms with E-state index >= 15 is 0 Å². The largest absolute Gasteiger partial charge is 0.478 e. The number of nitrogens with zero attached hydrogens (tertiary/aromatic N) is 1. The fraction of sp³-hybridized carbons (Fsp3) is 0.0833. The van der Waals surface area contributed by atoms with Gasteiger partial charge in [-0.15, -0.1) is 0 Å². The van der Waals surface area contributed by atoms with E-state index in [1.54, 1.807) is 6.07 Å². The van der Waals surface area contributed by atoms with E-state index in [4.69, 9.17) is 10.8 Å². The van der Waals surface area contributed by atoms with E-state index in [0.29, 0.717) is 5.56 Å². The summed E-state index contributed by atoms with van der Waals surface area (Å²) in [5, 5.41) is 8.31. The maximum absolute atomic E-state index is 12.9. The van der Waals surface area contributed by atoms with Gasteiger partial charge in [0, 0.05) is 11.6 Å². The SMILES string of the molecule is NC(=NCC(=O)/C=C\C(=O)O)c1cccc(F)c1. The van der Waals surface area contributed by atoms with E-state index in [9.17, 15) is 14.0 Å². The highest BCUT2D eigenvalue weighted by Crippen LogP contribution is 2.02. The molecule has 0 radical (unpaired) electrons. The molecule has 94 valence electrons. The van der Waals surface area contributed by atoms with Crippen LogP contribution in [0, 0.1) is 5.82 Å². The van der Waals surface area contributed by atoms with Crippen molar-refractivity contribution in [1.82, 2.24) is 0 Å². The Morgan fingerprint density at radius 1 is 1.39 bits per heavy atom. The molecule has 0 saturated heterocycles. The minimum atomic E-state index is -1.22. The molecule has 1 rings (SSSR count). The van der Waals surface area contributed by atoms with Crippen molar-refractivity contribution in [1.29, 1.82) is 0 Å². The molecule has 0 aliphatic rings. The topological polar surface area (TPSA) is 92.8 Å². The van der Waals surface area contributed by atoms with Crippen molar-refractivity contribution in [3.8, 4) is 0 Å². The Bertz CT molecular complexity index is 524. The van der Waals surface area contributed by atoms with Gasteiger partial charge in [0.1, 0.15) is 18.2 Å². The molecule has 0 bridgehead atoms. The number of hydrogen-bond acceptors (Lipinski definition) is 3. The van der Waals surface area contributed by atoms with Crippen molar-refractivity contribution in [3.05, 3.63) is 47.8 Å². The summed E-state index contributed by atoms with van der Waals surface area (Å²) < 4.78 is 12.9. The van der Waals surface area contributed by atoms with Crippen LogP contribution in [0.5, 0.6) is 0 Å². The molecule has 0 heterocycles. The fourth-order valence-corrected chi connectivity index (χ4v) is 1.12. The van der Waals surface area contributed by atoms with Crippen molar-refractivity contribution in [3.63, 3.8) is 0 Å². The second-order valence-corrected chi connectivity index (χ2v) is 3.35. The lowest BCUT2D eigenvalue weighted by Crippen LogP contribution is -2.15. The molecule has 0 aliphatic carbocycles. The zero-order valence-corrected chi connectivity index (χ0v) is 9.34. The van der Waals surface area contributed by atoms with E-state index in [-0.39, 0.29) is 12.4 Å². The van der Waals surface area contributed by atoms with Crippen LogP contribution >= 0.6 is 0 Å². The molecule has 0 spiro atoms. The maximum atomic E-state index is 12.9. The van der Waals surface area contributed by atoms with Crippen molar-refractivity contribution >= 4 is 17.6 Å². The summed E-state index contributed by atoms with van der Waals surface area (Å²) in [4.78, 5) is 25.1. The number of carbonyl (C=O) groups is 2. The molecule has 0 fully saturated rings. The first-order valence-corrected chi connectivity index (χ1v) is 4.98. The van der Waals surface area contributed by atoms with E-state index in [1.165, 1.54) is 18.2 Å². The Balaban J connectivity index is 2.68. The Labute approximate surface area is 102 Å². The van der Waals surface area contributed by atoms with Crippen LogP contribution in [0.2, 0.25) is 0 Å². The molecule has 3 N–H and O–H groups in total. The molecule has 18 heavy (non-hydrogen) atoms. The van der Waals surface area contributed by atoms with E-state index < -0.39 is 17.6 Å². The predicted molar refractivity (Wildman–Crippen MR) is 63.8 cm³/mol. The number of aliphatic imine (C=N–C) groups is 1. The molecule has 0 saturated carbocycles. The van der Waals surface area contributed by atoms with Crippen LogP contribution in [0.3, 0.4) is 0 Å². The van der Waals surface area contributed by atoms with Gasteiger partial charge in [0.05, 0.1) is 0 Å². The molecule has 0 amide bonds. The summed E-state index contributed by atoms with van der Waals surface area (Å²) >= 11 is 0. The summed E-state index contributed by atoms with van der Waals surface area (Å²) in [6, 6.07) is 5.48. The number of aliphatic carboxylic acids is 1. The lowest BCUT2D eigenvalue weighted by molar-refractivity contribution is -0.131. The summed E-state index contributed by atoms with van der Waals surface area (Å²) in [5.74, 6) is -2.16. The zero-order chi connectivity index (χ0) is 13.5. The Kier molecular flexibility index (Phi) is 4.74. The molecule has 0 aromatic heterocycles. The first-order chi connectivity index (χ1) is 8.49. The molecule has 1 aromatic carbocycles. The molecule has 5 nitrogen and oxygen atoms in total. The summed E-state index contributed by atoms with van der Waals surface area (Å²) in [6.07, 6.45) is 1.61. The number of benzene rings is 1. The first kappa shape index (κ1) is 13.6. The average Bonchev–Trinajstić information content (AvgIpc) is 2.33. The number of carbonyl (C=O) groups excluding carboxylic acids is 1. The monoisotopic (exact) mass is 250 g/mol. The number of carboxylic acid groups (broad SMARTS) is 1. The Hall–Kier alpha value is -2.50. The van der Waals surface area contributed by atoms with Gasteiger partial charge >= 0.3 is 5.97 Å². The van der Waals surface area contributed by atoms with Crippen molar-refractivity contribution in [2.75, 3.05) is 6.54 Å². The lowest BCUT2D eigenvalue weighted by atomic mass is 10.2. The molecule has 0 unspecified atom stereocenters. The average molecular weight is 250 g/mol. The van der Waals surface area contributed by atoms with E-state index in [0.717, 1.165) is 12.2 Å². The molecular weight excluding hydrogens is 239 g/mol. The summed E-state index contributed by atoms with van der Waals surface area (Å²) in [6.45, 7) is -0.286. The highest BCUT2D eigenvalue weighted by molar-refractivity contribution is 6.01. The third kappa shape index (κ3) is 4.56. The molecule has 1 aromatic rings. The standard InChI is InChI=1S/C12H11FN2O3/c13-9-3-1-2-8(6-9)12(14)15-7-10(16)4-5-11(17)18/h1-6H,7H2,(H2,14,15)(H,17,18)/b5-4-. The minimum absolute atomic E-state index is 0.0200. The van der Waals surface area contributed by atoms with Gasteiger partial charge < -0.3 is 10.8 Å². The van der Waals surface area contributed by atoms with Crippen LogP contribution in [0.1, 0.15) is 5.56 Å². The van der Waals surface area contributed by atoms with Gasteiger partial charge in [0.2, 0.25) is 0 Å². The van der Waals surface area contributed by atoms with Crippen LogP contribution in [-0.2, 0) is 9.59 Å². The maximum Gasteiger partial charge on any atom is 0.328 e. The highest BCUT2D eigenvalue weighted by Gasteiger charge is 2.01. The minimum Gasteiger partial charge on any atom is -0.478 e.